The SMILES string of the molecule is NCCCc1ccc(-c2ccc(CCCCN=C(N)c3ncc(Cl)nc3C(N)=O)cc2)c(Cl)c1. The van der Waals surface area contributed by atoms with Crippen molar-refractivity contribution in [1.82, 2.24) is 9.97 Å². The van der Waals surface area contributed by atoms with Crippen molar-refractivity contribution in [3.05, 3.63) is 81.4 Å². The Kier molecular flexibility index (Phi) is 9.39. The van der Waals surface area contributed by atoms with Gasteiger partial charge in [-0.25, -0.2) is 9.97 Å². The summed E-state index contributed by atoms with van der Waals surface area (Å²) in [5.41, 5.74) is 21.5. The Balaban J connectivity index is 1.52. The Hall–Kier alpha value is -3.00. The summed E-state index contributed by atoms with van der Waals surface area (Å²) >= 11 is 12.3. The van der Waals surface area contributed by atoms with E-state index in [-0.39, 0.29) is 22.4 Å². The monoisotopic (exact) mass is 498 g/mol. The maximum absolute atomic E-state index is 11.5. The molecule has 0 spiro atoms. The molecule has 1 aromatic heterocycles. The Morgan fingerprint density at radius 3 is 2.29 bits per heavy atom. The first-order valence-corrected chi connectivity index (χ1v) is 11.8. The number of nitrogens with two attached hydrogens (primary N) is 3. The molecule has 0 atom stereocenters. The van der Waals surface area contributed by atoms with Crippen molar-refractivity contribution in [3.63, 3.8) is 0 Å². The number of aliphatic imine (C=N–C) groups is 1. The van der Waals surface area contributed by atoms with Crippen molar-refractivity contribution < 1.29 is 4.79 Å². The van der Waals surface area contributed by atoms with E-state index in [0.717, 1.165) is 48.3 Å². The van der Waals surface area contributed by atoms with Gasteiger partial charge in [0.1, 0.15) is 16.7 Å². The van der Waals surface area contributed by atoms with Gasteiger partial charge in [0, 0.05) is 17.1 Å². The molecule has 178 valence electrons. The van der Waals surface area contributed by atoms with E-state index < -0.39 is 5.91 Å². The third kappa shape index (κ3) is 7.00. The van der Waals surface area contributed by atoms with Crippen LogP contribution in [0.2, 0.25) is 10.2 Å². The maximum atomic E-state index is 11.5. The number of aryl methyl sites for hydroxylation is 2. The molecule has 0 fully saturated rings. The number of halogens is 2. The molecule has 2 aromatic carbocycles. The van der Waals surface area contributed by atoms with Gasteiger partial charge in [0.25, 0.3) is 5.91 Å². The molecule has 0 aliphatic heterocycles. The molecule has 0 unspecified atom stereocenters. The molecule has 0 aliphatic carbocycles. The van der Waals surface area contributed by atoms with Crippen LogP contribution in [-0.2, 0) is 12.8 Å². The lowest BCUT2D eigenvalue weighted by atomic mass is 9.99. The lowest BCUT2D eigenvalue weighted by Crippen LogP contribution is -2.24. The Morgan fingerprint density at radius 1 is 0.912 bits per heavy atom. The molecule has 0 saturated heterocycles. The van der Waals surface area contributed by atoms with Crippen LogP contribution in [-0.4, -0.2) is 34.8 Å². The van der Waals surface area contributed by atoms with Crippen molar-refractivity contribution in [3.8, 4) is 11.1 Å². The van der Waals surface area contributed by atoms with Crippen LogP contribution in [0.4, 0.5) is 0 Å². The van der Waals surface area contributed by atoms with Crippen molar-refractivity contribution in [2.24, 2.45) is 22.2 Å². The van der Waals surface area contributed by atoms with Gasteiger partial charge in [0.2, 0.25) is 0 Å². The molecule has 1 amide bonds. The quantitative estimate of drug-likeness (QED) is 0.207. The third-order valence-corrected chi connectivity index (χ3v) is 5.84. The van der Waals surface area contributed by atoms with Gasteiger partial charge >= 0.3 is 0 Å². The fourth-order valence-electron chi connectivity index (χ4n) is 3.55. The standard InChI is InChI=1S/C25H28Cl2N6O/c26-20-14-17(5-3-12-28)8-11-19(20)18-9-6-16(7-10-18)4-1-2-13-31-24(29)22-23(25(30)34)33-21(27)15-32-22/h6-11,14-15H,1-5,12-13,28H2,(H2,29,31)(H2,30,34). The predicted molar refractivity (Wildman–Crippen MR) is 138 cm³/mol. The number of hydrogen-bond acceptors (Lipinski definition) is 5. The summed E-state index contributed by atoms with van der Waals surface area (Å²) in [6, 6.07) is 14.6. The molecule has 6 N–H and O–H groups in total. The summed E-state index contributed by atoms with van der Waals surface area (Å²) in [6.45, 7) is 1.17. The zero-order valence-corrected chi connectivity index (χ0v) is 20.3. The number of benzene rings is 2. The van der Waals surface area contributed by atoms with Crippen LogP contribution in [0.5, 0.6) is 0 Å². The number of nitrogens with zero attached hydrogens (tertiary/aromatic N) is 3. The minimum atomic E-state index is -0.754. The maximum Gasteiger partial charge on any atom is 0.269 e. The van der Waals surface area contributed by atoms with Crippen LogP contribution in [0.3, 0.4) is 0 Å². The van der Waals surface area contributed by atoms with Gasteiger partial charge in [-0.1, -0.05) is 59.6 Å². The molecular formula is C25H28Cl2N6O. The summed E-state index contributed by atoms with van der Waals surface area (Å²) in [7, 11) is 0. The van der Waals surface area contributed by atoms with Gasteiger partial charge in [-0.15, -0.1) is 0 Å². The molecule has 3 rings (SSSR count). The van der Waals surface area contributed by atoms with Crippen LogP contribution in [0.1, 0.15) is 46.6 Å². The van der Waals surface area contributed by atoms with Gasteiger partial charge in [-0.05, 0) is 61.4 Å². The first-order chi connectivity index (χ1) is 16.4. The van der Waals surface area contributed by atoms with Gasteiger partial charge in [-0.3, -0.25) is 9.79 Å². The van der Waals surface area contributed by atoms with E-state index in [2.05, 4.69) is 51.4 Å². The highest BCUT2D eigenvalue weighted by Gasteiger charge is 2.15. The van der Waals surface area contributed by atoms with E-state index in [0.29, 0.717) is 13.1 Å². The molecule has 1 heterocycles. The molecular weight excluding hydrogens is 471 g/mol. The molecule has 0 aliphatic rings. The number of hydrogen-bond donors (Lipinski definition) is 3. The second-order valence-corrected chi connectivity index (χ2v) is 8.68. The van der Waals surface area contributed by atoms with Gasteiger partial charge < -0.3 is 17.2 Å². The van der Waals surface area contributed by atoms with Crippen molar-refractivity contribution in [2.75, 3.05) is 13.1 Å². The summed E-state index contributed by atoms with van der Waals surface area (Å²) in [6.07, 6.45) is 5.86. The van der Waals surface area contributed by atoms with Crippen LogP contribution < -0.4 is 17.2 Å². The topological polar surface area (TPSA) is 133 Å². The minimum Gasteiger partial charge on any atom is -0.382 e. The van der Waals surface area contributed by atoms with E-state index >= 15 is 0 Å². The Bertz CT molecular complexity index is 1160. The number of carbonyl (C=O) groups is 1. The van der Waals surface area contributed by atoms with Crippen LogP contribution >= 0.6 is 23.2 Å². The number of aromatic nitrogens is 2. The summed E-state index contributed by atoms with van der Waals surface area (Å²) < 4.78 is 0. The number of amidine groups is 1. The molecule has 0 radical (unpaired) electrons. The van der Waals surface area contributed by atoms with Crippen LogP contribution in [0.15, 0.2) is 53.7 Å². The van der Waals surface area contributed by atoms with E-state index in [1.165, 1.54) is 17.3 Å². The molecule has 3 aromatic rings. The average Bonchev–Trinajstić information content (AvgIpc) is 2.83. The van der Waals surface area contributed by atoms with Gasteiger partial charge in [-0.2, -0.15) is 0 Å². The summed E-state index contributed by atoms with van der Waals surface area (Å²) in [5.74, 6) is -0.635. The van der Waals surface area contributed by atoms with Crippen molar-refractivity contribution in [1.29, 1.82) is 0 Å². The van der Waals surface area contributed by atoms with Gasteiger partial charge in [0.15, 0.2) is 5.69 Å². The lowest BCUT2D eigenvalue weighted by Gasteiger charge is -2.09. The van der Waals surface area contributed by atoms with E-state index in [1.807, 2.05) is 6.07 Å². The number of rotatable bonds is 11. The number of carbonyl (C=O) groups excluding carboxylic acids is 1. The second-order valence-electron chi connectivity index (χ2n) is 7.88. The molecule has 0 bridgehead atoms. The second kappa shape index (κ2) is 12.5. The number of primary amides is 1. The number of unbranched alkanes of at least 4 members (excludes halogenated alkanes) is 1. The van der Waals surface area contributed by atoms with Crippen LogP contribution in [0, 0.1) is 0 Å². The largest absolute Gasteiger partial charge is 0.382 e. The summed E-state index contributed by atoms with van der Waals surface area (Å²) in [5, 5.41) is 0.820. The fraction of sp³-hybridized carbons (Fsp3) is 0.280. The van der Waals surface area contributed by atoms with E-state index in [9.17, 15) is 4.79 Å². The molecule has 7 nitrogen and oxygen atoms in total. The highest BCUT2D eigenvalue weighted by molar-refractivity contribution is 6.33. The summed E-state index contributed by atoms with van der Waals surface area (Å²) in [4.78, 5) is 23.8. The van der Waals surface area contributed by atoms with Crippen molar-refractivity contribution >= 4 is 34.9 Å². The first kappa shape index (κ1) is 25.6. The predicted octanol–water partition coefficient (Wildman–Crippen LogP) is 4.17. The van der Waals surface area contributed by atoms with Crippen molar-refractivity contribution in [2.45, 2.75) is 32.1 Å². The third-order valence-electron chi connectivity index (χ3n) is 5.34. The first-order valence-electron chi connectivity index (χ1n) is 11.1. The Morgan fingerprint density at radius 2 is 1.62 bits per heavy atom. The zero-order chi connectivity index (χ0) is 24.5. The molecule has 0 saturated carbocycles. The minimum absolute atomic E-state index is 0.0677. The normalized spacial score (nSPS) is 11.6. The fourth-order valence-corrected chi connectivity index (χ4v) is 3.99. The number of amides is 1. The highest BCUT2D eigenvalue weighted by Crippen LogP contribution is 2.29. The van der Waals surface area contributed by atoms with Crippen LogP contribution in [0.25, 0.3) is 11.1 Å². The van der Waals surface area contributed by atoms with E-state index in [4.69, 9.17) is 40.4 Å². The molecule has 34 heavy (non-hydrogen) atoms. The zero-order valence-electron chi connectivity index (χ0n) is 18.8. The highest BCUT2D eigenvalue weighted by atomic mass is 35.5. The smallest absolute Gasteiger partial charge is 0.269 e. The average molecular weight is 499 g/mol. The lowest BCUT2D eigenvalue weighted by molar-refractivity contribution is 0.0995. The van der Waals surface area contributed by atoms with Gasteiger partial charge in [0.05, 0.1) is 6.20 Å². The molecule has 9 heteroatoms. The Labute approximate surface area is 209 Å². The van der Waals surface area contributed by atoms with E-state index in [1.54, 1.807) is 0 Å².